The molecule has 0 aliphatic rings. The van der Waals surface area contributed by atoms with Gasteiger partial charge in [0.05, 0.1) is 21.7 Å². The lowest BCUT2D eigenvalue weighted by Gasteiger charge is -2.09. The summed E-state index contributed by atoms with van der Waals surface area (Å²) in [5.74, 6) is -0.299. The molecule has 3 rings (SSSR count). The van der Waals surface area contributed by atoms with Crippen molar-refractivity contribution in [3.8, 4) is 22.5 Å². The first kappa shape index (κ1) is 16.4. The third-order valence-corrected chi connectivity index (χ3v) is 4.65. The second kappa shape index (κ2) is 6.18. The van der Waals surface area contributed by atoms with Crippen LogP contribution in [0.15, 0.2) is 57.9 Å². The van der Waals surface area contributed by atoms with Crippen LogP contribution in [0.2, 0.25) is 0 Å². The molecule has 0 saturated heterocycles. The quantitative estimate of drug-likeness (QED) is 0.785. The SMILES string of the molecule is CCc1noc(-c2ccccc2F)c1-c1ccccc1S(N)(=O)=O. The predicted molar refractivity (Wildman–Crippen MR) is 88.1 cm³/mol. The average molecular weight is 346 g/mol. The van der Waals surface area contributed by atoms with Gasteiger partial charge in [-0.05, 0) is 24.6 Å². The second-order valence-corrected chi connectivity index (χ2v) is 6.74. The summed E-state index contributed by atoms with van der Waals surface area (Å²) >= 11 is 0. The van der Waals surface area contributed by atoms with Crippen LogP contribution < -0.4 is 5.14 Å². The summed E-state index contributed by atoms with van der Waals surface area (Å²) in [7, 11) is -3.96. The zero-order valence-corrected chi connectivity index (χ0v) is 13.7. The van der Waals surface area contributed by atoms with Gasteiger partial charge in [-0.1, -0.05) is 42.4 Å². The highest BCUT2D eigenvalue weighted by atomic mass is 32.2. The van der Waals surface area contributed by atoms with Crippen molar-refractivity contribution < 1.29 is 17.3 Å². The molecule has 0 aliphatic carbocycles. The van der Waals surface area contributed by atoms with Gasteiger partial charge < -0.3 is 4.52 Å². The van der Waals surface area contributed by atoms with E-state index in [0.29, 0.717) is 23.2 Å². The molecule has 7 heteroatoms. The second-order valence-electron chi connectivity index (χ2n) is 5.21. The van der Waals surface area contributed by atoms with E-state index in [9.17, 15) is 12.8 Å². The number of hydrogen-bond donors (Lipinski definition) is 1. The van der Waals surface area contributed by atoms with Crippen LogP contribution in [0.4, 0.5) is 4.39 Å². The lowest BCUT2D eigenvalue weighted by atomic mass is 9.98. The van der Waals surface area contributed by atoms with Gasteiger partial charge in [-0.25, -0.2) is 17.9 Å². The van der Waals surface area contributed by atoms with E-state index < -0.39 is 15.8 Å². The van der Waals surface area contributed by atoms with E-state index in [-0.39, 0.29) is 16.2 Å². The maximum atomic E-state index is 14.2. The smallest absolute Gasteiger partial charge is 0.238 e. The van der Waals surface area contributed by atoms with Crippen LogP contribution in [0, 0.1) is 5.82 Å². The van der Waals surface area contributed by atoms with Crippen LogP contribution >= 0.6 is 0 Å². The molecular weight excluding hydrogens is 331 g/mol. The standard InChI is InChI=1S/C17H15FN2O3S/c1-2-14-16(12-8-4-6-10-15(12)24(19,21)22)17(23-20-14)11-7-3-5-9-13(11)18/h3-10H,2H2,1H3,(H2,19,21,22). The highest BCUT2D eigenvalue weighted by molar-refractivity contribution is 7.89. The highest BCUT2D eigenvalue weighted by Crippen LogP contribution is 2.39. The normalized spacial score (nSPS) is 11.6. The largest absolute Gasteiger partial charge is 0.355 e. The third kappa shape index (κ3) is 2.83. The number of hydrogen-bond acceptors (Lipinski definition) is 4. The molecule has 0 aliphatic heterocycles. The third-order valence-electron chi connectivity index (χ3n) is 3.68. The van der Waals surface area contributed by atoms with Crippen LogP contribution in [0.5, 0.6) is 0 Å². The summed E-state index contributed by atoms with van der Waals surface area (Å²) < 4.78 is 43.4. The predicted octanol–water partition coefficient (Wildman–Crippen LogP) is 3.36. The van der Waals surface area contributed by atoms with E-state index in [1.54, 1.807) is 36.4 Å². The molecule has 0 unspecified atom stereocenters. The van der Waals surface area contributed by atoms with Crippen molar-refractivity contribution in [3.05, 3.63) is 60.0 Å². The van der Waals surface area contributed by atoms with Crippen molar-refractivity contribution in [2.24, 2.45) is 5.14 Å². The number of benzene rings is 2. The van der Waals surface area contributed by atoms with Gasteiger partial charge in [0, 0.05) is 5.56 Å². The lowest BCUT2D eigenvalue weighted by Crippen LogP contribution is -2.13. The molecule has 0 radical (unpaired) electrons. The Kier molecular flexibility index (Phi) is 4.21. The molecule has 0 fully saturated rings. The number of sulfonamides is 1. The van der Waals surface area contributed by atoms with Crippen LogP contribution in [0.25, 0.3) is 22.5 Å². The van der Waals surface area contributed by atoms with E-state index in [1.165, 1.54) is 12.1 Å². The molecule has 0 bridgehead atoms. The van der Waals surface area contributed by atoms with Gasteiger partial charge in [-0.3, -0.25) is 0 Å². The van der Waals surface area contributed by atoms with Gasteiger partial charge in [0.2, 0.25) is 10.0 Å². The number of aryl methyl sites for hydroxylation is 1. The van der Waals surface area contributed by atoms with Crippen LogP contribution in [-0.2, 0) is 16.4 Å². The molecule has 3 aromatic rings. The molecule has 124 valence electrons. The van der Waals surface area contributed by atoms with Gasteiger partial charge in [-0.15, -0.1) is 0 Å². The molecule has 0 saturated carbocycles. The number of nitrogens with zero attached hydrogens (tertiary/aromatic N) is 1. The molecule has 0 spiro atoms. The van der Waals surface area contributed by atoms with E-state index in [1.807, 2.05) is 6.92 Å². The van der Waals surface area contributed by atoms with E-state index >= 15 is 0 Å². The van der Waals surface area contributed by atoms with Crippen molar-refractivity contribution in [1.82, 2.24) is 5.16 Å². The first-order valence-electron chi connectivity index (χ1n) is 7.29. The van der Waals surface area contributed by atoms with Crippen molar-refractivity contribution in [3.63, 3.8) is 0 Å². The topological polar surface area (TPSA) is 86.2 Å². The number of nitrogens with two attached hydrogens (primary N) is 1. The minimum absolute atomic E-state index is 0.0551. The van der Waals surface area contributed by atoms with E-state index in [2.05, 4.69) is 5.16 Å². The molecule has 2 aromatic carbocycles. The molecular formula is C17H15FN2O3S. The molecule has 1 heterocycles. The van der Waals surface area contributed by atoms with Gasteiger partial charge in [0.15, 0.2) is 5.76 Å². The van der Waals surface area contributed by atoms with Gasteiger partial charge in [-0.2, -0.15) is 0 Å². The van der Waals surface area contributed by atoms with Crippen molar-refractivity contribution in [2.45, 2.75) is 18.2 Å². The summed E-state index contributed by atoms with van der Waals surface area (Å²) in [5.41, 5.74) is 1.52. The zero-order valence-electron chi connectivity index (χ0n) is 12.9. The highest BCUT2D eigenvalue weighted by Gasteiger charge is 2.25. The molecule has 1 aromatic heterocycles. The Morgan fingerprint density at radius 1 is 1.08 bits per heavy atom. The Morgan fingerprint density at radius 2 is 1.71 bits per heavy atom. The first-order chi connectivity index (χ1) is 11.4. The Morgan fingerprint density at radius 3 is 2.33 bits per heavy atom. The summed E-state index contributed by atoms with van der Waals surface area (Å²) in [6.45, 7) is 1.85. The van der Waals surface area contributed by atoms with Gasteiger partial charge in [0.1, 0.15) is 5.82 Å². The molecule has 2 N–H and O–H groups in total. The fraction of sp³-hybridized carbons (Fsp3) is 0.118. The Bertz CT molecular complexity index is 997. The number of primary sulfonamides is 1. The maximum absolute atomic E-state index is 14.2. The summed E-state index contributed by atoms with van der Waals surface area (Å²) in [6.07, 6.45) is 0.492. The van der Waals surface area contributed by atoms with E-state index in [4.69, 9.17) is 9.66 Å². The molecule has 0 amide bonds. The fourth-order valence-electron chi connectivity index (χ4n) is 2.59. The Labute approximate surface area is 139 Å². The van der Waals surface area contributed by atoms with Gasteiger partial charge in [0.25, 0.3) is 0 Å². The molecule has 0 atom stereocenters. The number of halogens is 1. The lowest BCUT2D eigenvalue weighted by molar-refractivity contribution is 0.422. The van der Waals surface area contributed by atoms with Gasteiger partial charge >= 0.3 is 0 Å². The summed E-state index contributed by atoms with van der Waals surface area (Å²) in [5, 5.41) is 9.30. The minimum Gasteiger partial charge on any atom is -0.355 e. The number of aromatic nitrogens is 1. The summed E-state index contributed by atoms with van der Waals surface area (Å²) in [4.78, 5) is -0.0551. The van der Waals surface area contributed by atoms with E-state index in [0.717, 1.165) is 0 Å². The van der Waals surface area contributed by atoms with Crippen molar-refractivity contribution >= 4 is 10.0 Å². The zero-order chi connectivity index (χ0) is 17.3. The summed E-state index contributed by atoms with van der Waals surface area (Å²) in [6, 6.07) is 12.4. The first-order valence-corrected chi connectivity index (χ1v) is 8.83. The maximum Gasteiger partial charge on any atom is 0.238 e. The van der Waals surface area contributed by atoms with Crippen molar-refractivity contribution in [1.29, 1.82) is 0 Å². The minimum atomic E-state index is -3.96. The van der Waals surface area contributed by atoms with Crippen LogP contribution in [0.3, 0.4) is 0 Å². The molecule has 24 heavy (non-hydrogen) atoms. The Hall–Kier alpha value is -2.51. The number of rotatable bonds is 4. The monoisotopic (exact) mass is 346 g/mol. The molecule has 5 nitrogen and oxygen atoms in total. The van der Waals surface area contributed by atoms with Crippen molar-refractivity contribution in [2.75, 3.05) is 0 Å². The van der Waals surface area contributed by atoms with Crippen LogP contribution in [0.1, 0.15) is 12.6 Å². The fourth-order valence-corrected chi connectivity index (χ4v) is 3.34. The average Bonchev–Trinajstić information content (AvgIpc) is 2.98. The Balaban J connectivity index is 2.35. The van der Waals surface area contributed by atoms with Crippen LogP contribution in [-0.4, -0.2) is 13.6 Å².